The molecule has 0 saturated carbocycles. The van der Waals surface area contributed by atoms with E-state index in [1.54, 1.807) is 0 Å². The van der Waals surface area contributed by atoms with E-state index in [2.05, 4.69) is 20.7 Å². The van der Waals surface area contributed by atoms with Crippen molar-refractivity contribution >= 4 is 23.4 Å². The monoisotopic (exact) mass is 293 g/mol. The average Bonchev–Trinajstić information content (AvgIpc) is 2.88. The molecule has 21 heavy (non-hydrogen) atoms. The number of nitrogens with one attached hydrogen (secondary N) is 2. The molecular weight excluding hydrogens is 278 g/mol. The molecule has 10 nitrogen and oxygen atoms in total. The molecule has 4 N–H and O–H groups in total. The minimum absolute atomic E-state index is 0.00131. The smallest absolute Gasteiger partial charge is 0.329 e. The van der Waals surface area contributed by atoms with Crippen molar-refractivity contribution in [3.8, 4) is 0 Å². The second-order valence-corrected chi connectivity index (χ2v) is 5.06. The first kappa shape index (κ1) is 13.5. The summed E-state index contributed by atoms with van der Waals surface area (Å²) in [5, 5.41) is 14.0. The van der Waals surface area contributed by atoms with Crippen molar-refractivity contribution in [2.45, 2.75) is 18.9 Å². The predicted molar refractivity (Wildman–Crippen MR) is 73.4 cm³/mol. The number of amides is 1. The molecule has 1 aromatic heterocycles. The third kappa shape index (κ3) is 2.23. The SMILES string of the molecule is NNc1ncc([N+](=O)[O-])c(N2CCCC3C(=O)NCC32)n1. The molecule has 0 radical (unpaired) electrons. The van der Waals surface area contributed by atoms with Crippen molar-refractivity contribution in [2.75, 3.05) is 23.4 Å². The molecule has 3 heterocycles. The summed E-state index contributed by atoms with van der Waals surface area (Å²) >= 11 is 0. The van der Waals surface area contributed by atoms with Crippen LogP contribution < -0.4 is 21.5 Å². The average molecular weight is 293 g/mol. The molecule has 1 aromatic rings. The van der Waals surface area contributed by atoms with Gasteiger partial charge in [-0.25, -0.2) is 10.8 Å². The Morgan fingerprint density at radius 3 is 3.10 bits per heavy atom. The number of anilines is 2. The van der Waals surface area contributed by atoms with Crippen LogP contribution >= 0.6 is 0 Å². The summed E-state index contributed by atoms with van der Waals surface area (Å²) in [7, 11) is 0. The summed E-state index contributed by atoms with van der Waals surface area (Å²) < 4.78 is 0. The molecule has 0 aliphatic carbocycles. The van der Waals surface area contributed by atoms with Crippen LogP contribution in [0.4, 0.5) is 17.5 Å². The molecule has 2 aliphatic heterocycles. The van der Waals surface area contributed by atoms with Crippen molar-refractivity contribution < 1.29 is 9.72 Å². The first-order valence-corrected chi connectivity index (χ1v) is 6.64. The first-order valence-electron chi connectivity index (χ1n) is 6.64. The van der Waals surface area contributed by atoms with Gasteiger partial charge in [0.15, 0.2) is 0 Å². The van der Waals surface area contributed by atoms with E-state index in [9.17, 15) is 14.9 Å². The zero-order valence-corrected chi connectivity index (χ0v) is 11.2. The van der Waals surface area contributed by atoms with Crippen LogP contribution in [0.5, 0.6) is 0 Å². The molecule has 112 valence electrons. The van der Waals surface area contributed by atoms with Crippen LogP contribution in [-0.2, 0) is 4.79 Å². The van der Waals surface area contributed by atoms with Crippen molar-refractivity contribution in [2.24, 2.45) is 11.8 Å². The standard InChI is InChI=1S/C11H15N7O3/c12-16-11-14-5-8(18(20)21)9(15-11)17-3-1-2-6-7(17)4-13-10(6)19/h5-7H,1-4,12H2,(H,13,19)(H,14,15,16). The number of nitrogen functional groups attached to an aromatic ring is 1. The summed E-state index contributed by atoms with van der Waals surface area (Å²) in [4.78, 5) is 32.2. The molecule has 2 atom stereocenters. The van der Waals surface area contributed by atoms with E-state index in [4.69, 9.17) is 5.84 Å². The fourth-order valence-electron chi connectivity index (χ4n) is 2.99. The van der Waals surface area contributed by atoms with Crippen LogP contribution in [0, 0.1) is 16.0 Å². The number of rotatable bonds is 3. The highest BCUT2D eigenvalue weighted by atomic mass is 16.6. The van der Waals surface area contributed by atoms with Gasteiger partial charge in [0.2, 0.25) is 17.7 Å². The molecule has 2 aliphatic rings. The Morgan fingerprint density at radius 1 is 1.57 bits per heavy atom. The summed E-state index contributed by atoms with van der Waals surface area (Å²) in [6, 6.07) is -0.120. The number of nitro groups is 1. The number of fused-ring (bicyclic) bond motifs is 1. The Morgan fingerprint density at radius 2 is 2.38 bits per heavy atom. The third-order valence-corrected chi connectivity index (χ3v) is 3.95. The van der Waals surface area contributed by atoms with Gasteiger partial charge in [-0.1, -0.05) is 0 Å². The van der Waals surface area contributed by atoms with E-state index in [-0.39, 0.29) is 35.3 Å². The lowest BCUT2D eigenvalue weighted by Crippen LogP contribution is -2.46. The topological polar surface area (TPSA) is 139 Å². The second-order valence-electron chi connectivity index (χ2n) is 5.06. The summed E-state index contributed by atoms with van der Waals surface area (Å²) in [5.74, 6) is 5.43. The molecule has 2 fully saturated rings. The Kier molecular flexibility index (Phi) is 3.29. The van der Waals surface area contributed by atoms with Gasteiger partial charge >= 0.3 is 5.69 Å². The minimum Gasteiger partial charge on any atom is -0.354 e. The van der Waals surface area contributed by atoms with E-state index in [0.29, 0.717) is 13.1 Å². The highest BCUT2D eigenvalue weighted by molar-refractivity contribution is 5.83. The van der Waals surface area contributed by atoms with Gasteiger partial charge in [0, 0.05) is 13.1 Å². The van der Waals surface area contributed by atoms with Crippen LogP contribution in [0.25, 0.3) is 0 Å². The zero-order valence-electron chi connectivity index (χ0n) is 11.2. The highest BCUT2D eigenvalue weighted by Crippen LogP contribution is 2.35. The van der Waals surface area contributed by atoms with Gasteiger partial charge in [0.1, 0.15) is 6.20 Å². The predicted octanol–water partition coefficient (Wildman–Crippen LogP) is -0.615. The van der Waals surface area contributed by atoms with Crippen molar-refractivity contribution in [1.29, 1.82) is 0 Å². The van der Waals surface area contributed by atoms with Crippen LogP contribution in [0.2, 0.25) is 0 Å². The summed E-state index contributed by atoms with van der Waals surface area (Å²) in [6.07, 6.45) is 2.69. The van der Waals surface area contributed by atoms with Crippen LogP contribution in [0.3, 0.4) is 0 Å². The lowest BCUT2D eigenvalue weighted by atomic mass is 9.91. The number of aromatic nitrogens is 2. The van der Waals surface area contributed by atoms with Gasteiger partial charge in [-0.3, -0.25) is 20.3 Å². The van der Waals surface area contributed by atoms with Gasteiger partial charge < -0.3 is 10.2 Å². The highest BCUT2D eigenvalue weighted by Gasteiger charge is 2.43. The molecule has 3 rings (SSSR count). The van der Waals surface area contributed by atoms with E-state index in [0.717, 1.165) is 19.0 Å². The maximum Gasteiger partial charge on any atom is 0.329 e. The number of nitrogens with two attached hydrogens (primary N) is 1. The number of hydrogen-bond acceptors (Lipinski definition) is 8. The molecule has 0 bridgehead atoms. The van der Waals surface area contributed by atoms with Gasteiger partial charge in [-0.05, 0) is 12.8 Å². The number of hydrogen-bond donors (Lipinski definition) is 3. The van der Waals surface area contributed by atoms with Gasteiger partial charge in [0.05, 0.1) is 16.9 Å². The zero-order chi connectivity index (χ0) is 15.0. The van der Waals surface area contributed by atoms with E-state index < -0.39 is 4.92 Å². The van der Waals surface area contributed by atoms with Crippen molar-refractivity contribution in [1.82, 2.24) is 15.3 Å². The molecule has 2 saturated heterocycles. The number of hydrazine groups is 1. The summed E-state index contributed by atoms with van der Waals surface area (Å²) in [6.45, 7) is 1.08. The Balaban J connectivity index is 2.02. The number of carbonyl (C=O) groups excluding carboxylic acids is 1. The number of carbonyl (C=O) groups is 1. The second kappa shape index (κ2) is 5.13. The maximum atomic E-state index is 11.8. The van der Waals surface area contributed by atoms with E-state index in [1.807, 2.05) is 4.90 Å². The van der Waals surface area contributed by atoms with Crippen LogP contribution in [-0.4, -0.2) is 39.9 Å². The van der Waals surface area contributed by atoms with Gasteiger partial charge in [0.25, 0.3) is 0 Å². The quantitative estimate of drug-likeness (QED) is 0.381. The lowest BCUT2D eigenvalue weighted by molar-refractivity contribution is -0.384. The molecule has 2 unspecified atom stereocenters. The largest absolute Gasteiger partial charge is 0.354 e. The van der Waals surface area contributed by atoms with Crippen molar-refractivity contribution in [3.63, 3.8) is 0 Å². The Hall–Kier alpha value is -2.49. The molecule has 0 spiro atoms. The Bertz CT molecular complexity index is 593. The fraction of sp³-hybridized carbons (Fsp3) is 0.545. The van der Waals surface area contributed by atoms with Crippen molar-refractivity contribution in [3.05, 3.63) is 16.3 Å². The maximum absolute atomic E-state index is 11.8. The van der Waals surface area contributed by atoms with Crippen LogP contribution in [0.15, 0.2) is 6.20 Å². The number of nitrogens with zero attached hydrogens (tertiary/aromatic N) is 4. The minimum atomic E-state index is -0.524. The van der Waals surface area contributed by atoms with Gasteiger partial charge in [-0.2, -0.15) is 4.98 Å². The third-order valence-electron chi connectivity index (χ3n) is 3.95. The number of piperidine rings is 1. The summed E-state index contributed by atoms with van der Waals surface area (Å²) in [5.41, 5.74) is 2.10. The fourth-order valence-corrected chi connectivity index (χ4v) is 2.99. The molecule has 0 aromatic carbocycles. The normalized spacial score (nSPS) is 24.4. The van der Waals surface area contributed by atoms with Crippen LogP contribution in [0.1, 0.15) is 12.8 Å². The van der Waals surface area contributed by atoms with E-state index >= 15 is 0 Å². The molecular formula is C11H15N7O3. The first-order chi connectivity index (χ1) is 10.1. The van der Waals surface area contributed by atoms with E-state index in [1.165, 1.54) is 0 Å². The molecule has 10 heteroatoms. The Labute approximate surface area is 119 Å². The lowest BCUT2D eigenvalue weighted by Gasteiger charge is -2.36. The van der Waals surface area contributed by atoms with Gasteiger partial charge in [-0.15, -0.1) is 0 Å². The molecule has 1 amide bonds.